The minimum atomic E-state index is 0.982. The van der Waals surface area contributed by atoms with E-state index in [9.17, 15) is 0 Å². The van der Waals surface area contributed by atoms with Gasteiger partial charge in [-0.2, -0.15) is 0 Å². The van der Waals surface area contributed by atoms with Crippen LogP contribution < -0.4 is 5.32 Å². The molecule has 1 aliphatic rings. The number of likely N-dealkylation sites (tertiary alicyclic amines) is 1. The zero-order valence-corrected chi connectivity index (χ0v) is 10.1. The minimum absolute atomic E-state index is 0.982. The maximum atomic E-state index is 3.50. The highest BCUT2D eigenvalue weighted by Gasteiger charge is 2.10. The minimum Gasteiger partial charge on any atom is -0.372 e. The molecule has 1 aliphatic heterocycles. The van der Waals surface area contributed by atoms with Crippen molar-refractivity contribution in [2.75, 3.05) is 25.1 Å². The Balaban J connectivity index is 1.68. The van der Waals surface area contributed by atoms with Crippen LogP contribution in [0.25, 0.3) is 10.1 Å². The number of hydrogen-bond donors (Lipinski definition) is 1. The van der Waals surface area contributed by atoms with E-state index in [1.807, 2.05) is 0 Å². The van der Waals surface area contributed by atoms with E-state index in [-0.39, 0.29) is 0 Å². The lowest BCUT2D eigenvalue weighted by Crippen LogP contribution is -2.25. The molecule has 84 valence electrons. The Morgan fingerprint density at radius 1 is 1.19 bits per heavy atom. The number of nitrogens with zero attached hydrogens (tertiary/aromatic N) is 1. The molecule has 1 aromatic carbocycles. The highest BCUT2D eigenvalue weighted by atomic mass is 32.1. The average molecular weight is 232 g/mol. The largest absolute Gasteiger partial charge is 0.372 e. The Morgan fingerprint density at radius 3 is 2.94 bits per heavy atom. The second kappa shape index (κ2) is 4.44. The summed E-state index contributed by atoms with van der Waals surface area (Å²) >= 11 is 1.80. The summed E-state index contributed by atoms with van der Waals surface area (Å²) in [5.41, 5.74) is 1.23. The fraction of sp³-hybridized carbons (Fsp3) is 0.385. The quantitative estimate of drug-likeness (QED) is 0.873. The maximum Gasteiger partial charge on any atom is 0.0678 e. The molecule has 1 N–H and O–H groups in total. The lowest BCUT2D eigenvalue weighted by molar-refractivity contribution is 0.364. The predicted octanol–water partition coefficient (Wildman–Crippen LogP) is 3.37. The number of rotatable bonds is 3. The molecule has 0 atom stereocenters. The van der Waals surface area contributed by atoms with Gasteiger partial charge in [-0.1, -0.05) is 0 Å². The van der Waals surface area contributed by atoms with Gasteiger partial charge in [-0.3, -0.25) is 4.90 Å². The van der Waals surface area contributed by atoms with Crippen molar-refractivity contribution in [3.8, 4) is 0 Å². The Labute approximate surface area is 99.9 Å². The summed E-state index contributed by atoms with van der Waals surface area (Å²) in [5, 5.41) is 6.99. The van der Waals surface area contributed by atoms with Crippen molar-refractivity contribution in [1.29, 1.82) is 0 Å². The SMILES string of the molecule is c1cc2cc(NCN3CCCC3)ccc2s1. The third-order valence-electron chi connectivity index (χ3n) is 3.16. The monoisotopic (exact) mass is 232 g/mol. The Kier molecular flexibility index (Phi) is 2.80. The van der Waals surface area contributed by atoms with Gasteiger partial charge in [-0.05, 0) is 61.0 Å². The number of thiophene rings is 1. The smallest absolute Gasteiger partial charge is 0.0678 e. The molecule has 0 radical (unpaired) electrons. The van der Waals surface area contributed by atoms with Crippen molar-refractivity contribution in [2.24, 2.45) is 0 Å². The number of benzene rings is 1. The van der Waals surface area contributed by atoms with Crippen LogP contribution in [0.2, 0.25) is 0 Å². The zero-order valence-electron chi connectivity index (χ0n) is 9.28. The molecule has 0 aliphatic carbocycles. The van der Waals surface area contributed by atoms with Gasteiger partial charge in [0, 0.05) is 10.4 Å². The van der Waals surface area contributed by atoms with Crippen molar-refractivity contribution in [3.63, 3.8) is 0 Å². The molecule has 0 saturated carbocycles. The normalized spacial score (nSPS) is 17.0. The van der Waals surface area contributed by atoms with Crippen LogP contribution >= 0.6 is 11.3 Å². The Bertz CT molecular complexity index is 471. The fourth-order valence-electron chi connectivity index (χ4n) is 2.22. The second-order valence-corrected chi connectivity index (χ2v) is 5.28. The van der Waals surface area contributed by atoms with Gasteiger partial charge in [0.1, 0.15) is 0 Å². The van der Waals surface area contributed by atoms with Crippen molar-refractivity contribution < 1.29 is 0 Å². The highest BCUT2D eigenvalue weighted by Crippen LogP contribution is 2.24. The van der Waals surface area contributed by atoms with E-state index in [1.165, 1.54) is 41.7 Å². The first-order valence-corrected chi connectivity index (χ1v) is 6.73. The predicted molar refractivity (Wildman–Crippen MR) is 71.1 cm³/mol. The summed E-state index contributed by atoms with van der Waals surface area (Å²) < 4.78 is 1.37. The molecule has 0 amide bonds. The van der Waals surface area contributed by atoms with Crippen molar-refractivity contribution in [1.82, 2.24) is 4.90 Å². The molecule has 1 saturated heterocycles. The summed E-state index contributed by atoms with van der Waals surface area (Å²) in [6, 6.07) is 8.80. The summed E-state index contributed by atoms with van der Waals surface area (Å²) in [6.45, 7) is 3.47. The van der Waals surface area contributed by atoms with Crippen LogP contribution in [0.5, 0.6) is 0 Å². The van der Waals surface area contributed by atoms with Crippen molar-refractivity contribution in [3.05, 3.63) is 29.6 Å². The molecule has 2 nitrogen and oxygen atoms in total. The Hall–Kier alpha value is -1.06. The standard InChI is InChI=1S/C13H16N2S/c1-2-7-15(6-1)10-14-12-3-4-13-11(9-12)5-8-16-13/h3-5,8-9,14H,1-2,6-7,10H2. The van der Waals surface area contributed by atoms with Crippen molar-refractivity contribution >= 4 is 27.1 Å². The van der Waals surface area contributed by atoms with Crippen LogP contribution in [0.1, 0.15) is 12.8 Å². The van der Waals surface area contributed by atoms with E-state index in [2.05, 4.69) is 39.9 Å². The molecular formula is C13H16N2S. The van der Waals surface area contributed by atoms with E-state index < -0.39 is 0 Å². The highest BCUT2D eigenvalue weighted by molar-refractivity contribution is 7.17. The number of hydrogen-bond acceptors (Lipinski definition) is 3. The third-order valence-corrected chi connectivity index (χ3v) is 4.06. The van der Waals surface area contributed by atoms with Crippen LogP contribution in [-0.4, -0.2) is 24.7 Å². The summed E-state index contributed by atoms with van der Waals surface area (Å²) in [6.07, 6.45) is 2.70. The molecule has 0 bridgehead atoms. The van der Waals surface area contributed by atoms with Crippen molar-refractivity contribution in [2.45, 2.75) is 12.8 Å². The number of anilines is 1. The first-order valence-electron chi connectivity index (χ1n) is 5.85. The van der Waals surface area contributed by atoms with E-state index in [0.717, 1.165) is 6.67 Å². The van der Waals surface area contributed by atoms with Crippen LogP contribution in [-0.2, 0) is 0 Å². The lowest BCUT2D eigenvalue weighted by atomic mass is 10.2. The first-order chi connectivity index (χ1) is 7.92. The van der Waals surface area contributed by atoms with E-state index in [4.69, 9.17) is 0 Å². The Morgan fingerprint density at radius 2 is 2.06 bits per heavy atom. The van der Waals surface area contributed by atoms with E-state index in [0.29, 0.717) is 0 Å². The number of fused-ring (bicyclic) bond motifs is 1. The van der Waals surface area contributed by atoms with Gasteiger partial charge in [-0.15, -0.1) is 11.3 Å². The van der Waals surface area contributed by atoms with Crippen LogP contribution in [0.3, 0.4) is 0 Å². The molecule has 3 heteroatoms. The lowest BCUT2D eigenvalue weighted by Gasteiger charge is -2.16. The van der Waals surface area contributed by atoms with Crippen LogP contribution in [0.4, 0.5) is 5.69 Å². The maximum absolute atomic E-state index is 3.50. The second-order valence-electron chi connectivity index (χ2n) is 4.33. The van der Waals surface area contributed by atoms with E-state index >= 15 is 0 Å². The van der Waals surface area contributed by atoms with Crippen LogP contribution in [0, 0.1) is 0 Å². The average Bonchev–Trinajstić information content (AvgIpc) is 2.97. The van der Waals surface area contributed by atoms with E-state index in [1.54, 1.807) is 11.3 Å². The van der Waals surface area contributed by atoms with Gasteiger partial charge in [0.05, 0.1) is 6.67 Å². The molecule has 2 heterocycles. The molecule has 1 fully saturated rings. The van der Waals surface area contributed by atoms with Crippen LogP contribution in [0.15, 0.2) is 29.6 Å². The first kappa shape index (κ1) is 10.1. The van der Waals surface area contributed by atoms with Gasteiger partial charge in [0.25, 0.3) is 0 Å². The topological polar surface area (TPSA) is 15.3 Å². The summed E-state index contributed by atoms with van der Waals surface area (Å²) in [7, 11) is 0. The van der Waals surface area contributed by atoms with Gasteiger partial charge < -0.3 is 5.32 Å². The molecule has 0 spiro atoms. The van der Waals surface area contributed by atoms with Gasteiger partial charge >= 0.3 is 0 Å². The van der Waals surface area contributed by atoms with Gasteiger partial charge in [0.2, 0.25) is 0 Å². The van der Waals surface area contributed by atoms with Gasteiger partial charge in [0.15, 0.2) is 0 Å². The third kappa shape index (κ3) is 2.06. The molecule has 0 unspecified atom stereocenters. The summed E-state index contributed by atoms with van der Waals surface area (Å²) in [4.78, 5) is 2.47. The molecule has 16 heavy (non-hydrogen) atoms. The fourth-order valence-corrected chi connectivity index (χ4v) is 2.99. The summed E-state index contributed by atoms with van der Waals surface area (Å²) in [5.74, 6) is 0. The molecular weight excluding hydrogens is 216 g/mol. The van der Waals surface area contributed by atoms with Gasteiger partial charge in [-0.25, -0.2) is 0 Å². The molecule has 1 aromatic heterocycles. The molecule has 3 rings (SSSR count). The molecule has 2 aromatic rings. The zero-order chi connectivity index (χ0) is 10.8. The number of nitrogens with one attached hydrogen (secondary N) is 1.